The molecule has 0 aliphatic carbocycles. The molecule has 1 saturated heterocycles. The Labute approximate surface area is 60.2 Å². The van der Waals surface area contributed by atoms with Crippen LogP contribution in [-0.4, -0.2) is 24.4 Å². The lowest BCUT2D eigenvalue weighted by Crippen LogP contribution is -2.37. The van der Waals surface area contributed by atoms with E-state index < -0.39 is 0 Å². The van der Waals surface area contributed by atoms with Crippen molar-refractivity contribution in [3.8, 4) is 6.07 Å². The molecule has 0 saturated carbocycles. The van der Waals surface area contributed by atoms with Crippen LogP contribution in [0.25, 0.3) is 0 Å². The fraction of sp³-hybridized carbons (Fsp3) is 0.714. The van der Waals surface area contributed by atoms with Crippen LogP contribution < -0.4 is 0 Å². The number of amides is 1. The van der Waals surface area contributed by atoms with Crippen LogP contribution in [0, 0.1) is 17.2 Å². The van der Waals surface area contributed by atoms with Crippen LogP contribution in [0.4, 0.5) is 0 Å². The van der Waals surface area contributed by atoms with Crippen molar-refractivity contribution in [1.82, 2.24) is 4.90 Å². The standard InChI is InChI=1S/C7H10N2O/c1-9-4-2-3-6(5-8)7(9)10/h6H,2-4H2,1H3. The first-order chi connectivity index (χ1) is 4.75. The van der Waals surface area contributed by atoms with Crippen molar-refractivity contribution in [3.63, 3.8) is 0 Å². The number of carbonyl (C=O) groups excluding carboxylic acids is 1. The van der Waals surface area contributed by atoms with E-state index in [9.17, 15) is 4.79 Å². The predicted molar refractivity (Wildman–Crippen MR) is 36.0 cm³/mol. The molecule has 1 rings (SSSR count). The van der Waals surface area contributed by atoms with Crippen molar-refractivity contribution in [3.05, 3.63) is 0 Å². The number of likely N-dealkylation sites (tertiary alicyclic amines) is 1. The average molecular weight is 138 g/mol. The summed E-state index contributed by atoms with van der Waals surface area (Å²) in [5, 5.41) is 8.48. The van der Waals surface area contributed by atoms with Gasteiger partial charge in [0.1, 0.15) is 5.92 Å². The normalized spacial score (nSPS) is 26.2. The summed E-state index contributed by atoms with van der Waals surface area (Å²) in [6, 6.07) is 1.99. The molecule has 0 bridgehead atoms. The molecule has 0 radical (unpaired) electrons. The largest absolute Gasteiger partial charge is 0.345 e. The molecule has 0 aromatic rings. The van der Waals surface area contributed by atoms with E-state index in [1.807, 2.05) is 6.07 Å². The minimum atomic E-state index is -0.376. The first-order valence-corrected chi connectivity index (χ1v) is 3.40. The lowest BCUT2D eigenvalue weighted by molar-refractivity contribution is -0.134. The van der Waals surface area contributed by atoms with Gasteiger partial charge >= 0.3 is 0 Å². The quantitative estimate of drug-likeness (QED) is 0.485. The van der Waals surface area contributed by atoms with Crippen LogP contribution in [0.2, 0.25) is 0 Å². The topological polar surface area (TPSA) is 44.1 Å². The van der Waals surface area contributed by atoms with E-state index in [1.54, 1.807) is 11.9 Å². The highest BCUT2D eigenvalue weighted by atomic mass is 16.2. The Morgan fingerprint density at radius 2 is 2.50 bits per heavy atom. The van der Waals surface area contributed by atoms with E-state index in [-0.39, 0.29) is 11.8 Å². The molecule has 0 N–H and O–H groups in total. The van der Waals surface area contributed by atoms with Gasteiger partial charge in [0.2, 0.25) is 5.91 Å². The summed E-state index contributed by atoms with van der Waals surface area (Å²) in [7, 11) is 1.74. The monoisotopic (exact) mass is 138 g/mol. The molecule has 1 aliphatic heterocycles. The number of nitrogens with zero attached hydrogens (tertiary/aromatic N) is 2. The summed E-state index contributed by atoms with van der Waals surface area (Å²) in [4.78, 5) is 12.7. The number of carbonyl (C=O) groups is 1. The molecule has 1 amide bonds. The maximum Gasteiger partial charge on any atom is 0.239 e. The minimum absolute atomic E-state index is 0.0197. The first kappa shape index (κ1) is 7.07. The van der Waals surface area contributed by atoms with E-state index in [0.717, 1.165) is 19.4 Å². The predicted octanol–water partition coefficient (Wildman–Crippen LogP) is 0.378. The Morgan fingerprint density at radius 1 is 1.80 bits per heavy atom. The fourth-order valence-corrected chi connectivity index (χ4v) is 1.15. The lowest BCUT2D eigenvalue weighted by atomic mass is 9.99. The molecule has 0 aromatic heterocycles. The third-order valence-corrected chi connectivity index (χ3v) is 1.82. The zero-order chi connectivity index (χ0) is 7.56. The van der Waals surface area contributed by atoms with Gasteiger partial charge in [-0.25, -0.2) is 0 Å². The van der Waals surface area contributed by atoms with Crippen LogP contribution in [0.3, 0.4) is 0 Å². The van der Waals surface area contributed by atoms with Crippen molar-refractivity contribution >= 4 is 5.91 Å². The molecule has 1 heterocycles. The number of piperidine rings is 1. The summed E-state index contributed by atoms with van der Waals surface area (Å²) in [5.74, 6) is -0.396. The molecule has 3 heteroatoms. The maximum absolute atomic E-state index is 11.1. The Balaban J connectivity index is 2.62. The van der Waals surface area contributed by atoms with Gasteiger partial charge in [0.05, 0.1) is 6.07 Å². The summed E-state index contributed by atoms with van der Waals surface area (Å²) in [6.07, 6.45) is 1.69. The molecule has 0 aromatic carbocycles. The highest BCUT2D eigenvalue weighted by Gasteiger charge is 2.25. The van der Waals surface area contributed by atoms with Gasteiger partial charge < -0.3 is 4.90 Å². The number of hydrogen-bond donors (Lipinski definition) is 0. The zero-order valence-electron chi connectivity index (χ0n) is 6.00. The van der Waals surface area contributed by atoms with Gasteiger partial charge in [-0.1, -0.05) is 0 Å². The van der Waals surface area contributed by atoms with Gasteiger partial charge in [-0.15, -0.1) is 0 Å². The second kappa shape index (κ2) is 2.70. The highest BCUT2D eigenvalue weighted by Crippen LogP contribution is 2.14. The van der Waals surface area contributed by atoms with Crippen LogP contribution in [0.1, 0.15) is 12.8 Å². The van der Waals surface area contributed by atoms with Crippen molar-refractivity contribution in [2.75, 3.05) is 13.6 Å². The molecule has 1 unspecified atom stereocenters. The third-order valence-electron chi connectivity index (χ3n) is 1.82. The van der Waals surface area contributed by atoms with E-state index >= 15 is 0 Å². The molecule has 0 spiro atoms. The van der Waals surface area contributed by atoms with Crippen LogP contribution in [0.5, 0.6) is 0 Å². The van der Waals surface area contributed by atoms with E-state index in [4.69, 9.17) is 5.26 Å². The van der Waals surface area contributed by atoms with Crippen molar-refractivity contribution < 1.29 is 4.79 Å². The van der Waals surface area contributed by atoms with Gasteiger partial charge in [-0.05, 0) is 12.8 Å². The van der Waals surface area contributed by atoms with Crippen LogP contribution in [-0.2, 0) is 4.79 Å². The number of nitriles is 1. The summed E-state index contributed by atoms with van der Waals surface area (Å²) in [5.41, 5.74) is 0. The van der Waals surface area contributed by atoms with E-state index in [2.05, 4.69) is 0 Å². The summed E-state index contributed by atoms with van der Waals surface area (Å²) < 4.78 is 0. The molecule has 1 aliphatic rings. The zero-order valence-corrected chi connectivity index (χ0v) is 6.00. The Kier molecular flexibility index (Phi) is 1.91. The molecular formula is C7H10N2O. The number of hydrogen-bond acceptors (Lipinski definition) is 2. The number of rotatable bonds is 0. The van der Waals surface area contributed by atoms with Crippen molar-refractivity contribution in [2.24, 2.45) is 5.92 Å². The fourth-order valence-electron chi connectivity index (χ4n) is 1.15. The Hall–Kier alpha value is -1.04. The lowest BCUT2D eigenvalue weighted by Gasteiger charge is -2.24. The van der Waals surface area contributed by atoms with Gasteiger partial charge in [0.25, 0.3) is 0 Å². The molecule has 3 nitrogen and oxygen atoms in total. The van der Waals surface area contributed by atoms with Crippen molar-refractivity contribution in [2.45, 2.75) is 12.8 Å². The molecule has 1 fully saturated rings. The average Bonchev–Trinajstić information content (AvgIpc) is 1.95. The highest BCUT2D eigenvalue weighted by molar-refractivity contribution is 5.81. The second-order valence-electron chi connectivity index (χ2n) is 2.58. The van der Waals surface area contributed by atoms with E-state index in [0.29, 0.717) is 0 Å². The molecule has 1 atom stereocenters. The van der Waals surface area contributed by atoms with Gasteiger partial charge in [-0.3, -0.25) is 4.79 Å². The maximum atomic E-state index is 11.1. The Morgan fingerprint density at radius 3 is 3.00 bits per heavy atom. The SMILES string of the molecule is CN1CCCC(C#N)C1=O. The second-order valence-corrected chi connectivity index (χ2v) is 2.58. The summed E-state index contributed by atoms with van der Waals surface area (Å²) in [6.45, 7) is 0.803. The first-order valence-electron chi connectivity index (χ1n) is 3.40. The molecule has 10 heavy (non-hydrogen) atoms. The van der Waals surface area contributed by atoms with Gasteiger partial charge in [0, 0.05) is 13.6 Å². The molecule has 54 valence electrons. The Bertz CT molecular complexity index is 183. The van der Waals surface area contributed by atoms with Gasteiger partial charge in [-0.2, -0.15) is 5.26 Å². The van der Waals surface area contributed by atoms with Crippen molar-refractivity contribution in [1.29, 1.82) is 5.26 Å². The summed E-state index contributed by atoms with van der Waals surface area (Å²) >= 11 is 0. The third kappa shape index (κ3) is 1.10. The van der Waals surface area contributed by atoms with E-state index in [1.165, 1.54) is 0 Å². The minimum Gasteiger partial charge on any atom is -0.345 e. The van der Waals surface area contributed by atoms with Crippen LogP contribution in [0.15, 0.2) is 0 Å². The smallest absolute Gasteiger partial charge is 0.239 e. The van der Waals surface area contributed by atoms with Crippen LogP contribution >= 0.6 is 0 Å². The molecular weight excluding hydrogens is 128 g/mol. The van der Waals surface area contributed by atoms with Gasteiger partial charge in [0.15, 0.2) is 0 Å².